The number of halogens is 2. The summed E-state index contributed by atoms with van der Waals surface area (Å²) in [5, 5.41) is 0.342. The Morgan fingerprint density at radius 2 is 2.27 bits per heavy atom. The number of hydrogen-bond donors (Lipinski definition) is 1. The van der Waals surface area contributed by atoms with E-state index in [4.69, 9.17) is 17.3 Å². The lowest BCUT2D eigenvalue weighted by Gasteiger charge is -2.06. The molecule has 1 aromatic rings. The van der Waals surface area contributed by atoms with Crippen LogP contribution in [-0.4, -0.2) is 16.0 Å². The molecule has 0 aromatic heterocycles. The lowest BCUT2D eigenvalue weighted by atomic mass is 10.2. The molecular weight excluding hydrogens is 237 g/mol. The maximum atomic E-state index is 13.3. The van der Waals surface area contributed by atoms with Gasteiger partial charge in [0.1, 0.15) is 5.82 Å². The highest BCUT2D eigenvalue weighted by atomic mass is 35.5. The van der Waals surface area contributed by atoms with Gasteiger partial charge in [0.05, 0.1) is 5.75 Å². The van der Waals surface area contributed by atoms with Crippen LogP contribution in [-0.2, 0) is 16.6 Å². The standard InChI is InChI=1S/C10H13ClFNOS/c1-7(13)5-15(14)6-8-2-3-9(11)4-10(8)12/h2-4,7H,5-6,13H2,1H3. The van der Waals surface area contributed by atoms with Crippen LogP contribution in [0.15, 0.2) is 18.2 Å². The maximum Gasteiger partial charge on any atom is 0.128 e. The molecule has 0 amide bonds. The highest BCUT2D eigenvalue weighted by Crippen LogP contribution is 2.16. The maximum absolute atomic E-state index is 13.3. The van der Waals surface area contributed by atoms with Gasteiger partial charge in [-0.05, 0) is 19.1 Å². The molecule has 2 nitrogen and oxygen atoms in total. The van der Waals surface area contributed by atoms with Gasteiger partial charge in [0.15, 0.2) is 0 Å². The van der Waals surface area contributed by atoms with Crippen LogP contribution in [0.4, 0.5) is 4.39 Å². The molecule has 1 aromatic carbocycles. The Kier molecular flexibility index (Phi) is 4.70. The zero-order valence-electron chi connectivity index (χ0n) is 8.37. The van der Waals surface area contributed by atoms with E-state index >= 15 is 0 Å². The minimum atomic E-state index is -1.13. The summed E-state index contributed by atoms with van der Waals surface area (Å²) in [6, 6.07) is 4.22. The van der Waals surface area contributed by atoms with E-state index in [1.165, 1.54) is 6.07 Å². The third-order valence-electron chi connectivity index (χ3n) is 1.78. The lowest BCUT2D eigenvalue weighted by Crippen LogP contribution is -2.23. The summed E-state index contributed by atoms with van der Waals surface area (Å²) in [4.78, 5) is 0. The van der Waals surface area contributed by atoms with Crippen molar-refractivity contribution < 1.29 is 8.60 Å². The molecule has 0 bridgehead atoms. The van der Waals surface area contributed by atoms with Crippen molar-refractivity contribution in [1.29, 1.82) is 0 Å². The Balaban J connectivity index is 2.68. The molecule has 0 heterocycles. The molecule has 0 radical (unpaired) electrons. The van der Waals surface area contributed by atoms with Crippen molar-refractivity contribution in [1.82, 2.24) is 0 Å². The minimum absolute atomic E-state index is 0.138. The fraction of sp³-hybridized carbons (Fsp3) is 0.400. The molecule has 1 rings (SSSR count). The fourth-order valence-electron chi connectivity index (χ4n) is 1.16. The number of benzene rings is 1. The van der Waals surface area contributed by atoms with Gasteiger partial charge in [-0.2, -0.15) is 0 Å². The Morgan fingerprint density at radius 3 is 2.80 bits per heavy atom. The normalized spacial score (nSPS) is 14.9. The molecule has 2 atom stereocenters. The van der Waals surface area contributed by atoms with Crippen LogP contribution in [0.3, 0.4) is 0 Å². The van der Waals surface area contributed by atoms with E-state index in [1.54, 1.807) is 19.1 Å². The molecule has 0 spiro atoms. The third-order valence-corrected chi connectivity index (χ3v) is 3.55. The second-order valence-corrected chi connectivity index (χ2v) is 5.40. The van der Waals surface area contributed by atoms with Crippen LogP contribution in [0.2, 0.25) is 5.02 Å². The summed E-state index contributed by atoms with van der Waals surface area (Å²) >= 11 is 5.60. The van der Waals surface area contributed by atoms with Crippen molar-refractivity contribution in [3.8, 4) is 0 Å². The van der Waals surface area contributed by atoms with Gasteiger partial charge in [-0.3, -0.25) is 4.21 Å². The average molecular weight is 250 g/mol. The highest BCUT2D eigenvalue weighted by molar-refractivity contribution is 7.84. The van der Waals surface area contributed by atoms with Crippen LogP contribution in [0, 0.1) is 5.82 Å². The largest absolute Gasteiger partial charge is 0.327 e. The number of rotatable bonds is 4. The van der Waals surface area contributed by atoms with Crippen LogP contribution in [0.5, 0.6) is 0 Å². The van der Waals surface area contributed by atoms with E-state index in [0.29, 0.717) is 16.3 Å². The fourth-order valence-corrected chi connectivity index (χ4v) is 2.61. The summed E-state index contributed by atoms with van der Waals surface area (Å²) < 4.78 is 24.8. The quantitative estimate of drug-likeness (QED) is 0.888. The smallest absolute Gasteiger partial charge is 0.128 e. The molecule has 84 valence electrons. The van der Waals surface area contributed by atoms with Crippen molar-refractivity contribution in [2.45, 2.75) is 18.7 Å². The number of nitrogens with two attached hydrogens (primary N) is 1. The van der Waals surface area contributed by atoms with Crippen LogP contribution < -0.4 is 5.73 Å². The third kappa shape index (κ3) is 4.28. The first kappa shape index (κ1) is 12.6. The van der Waals surface area contributed by atoms with Crippen molar-refractivity contribution in [3.05, 3.63) is 34.6 Å². The molecule has 5 heteroatoms. The van der Waals surface area contributed by atoms with Crippen LogP contribution >= 0.6 is 11.6 Å². The first-order valence-electron chi connectivity index (χ1n) is 4.53. The molecular formula is C10H13ClFNOS. The predicted molar refractivity (Wildman–Crippen MR) is 61.8 cm³/mol. The molecule has 0 aliphatic carbocycles. The van der Waals surface area contributed by atoms with Gasteiger partial charge in [0.25, 0.3) is 0 Å². The van der Waals surface area contributed by atoms with Crippen molar-refractivity contribution >= 4 is 22.4 Å². The van der Waals surface area contributed by atoms with Crippen LogP contribution in [0.25, 0.3) is 0 Å². The molecule has 0 aliphatic heterocycles. The van der Waals surface area contributed by atoms with Crippen molar-refractivity contribution in [2.24, 2.45) is 5.73 Å². The molecule has 0 saturated carbocycles. The topological polar surface area (TPSA) is 43.1 Å². The number of hydrogen-bond acceptors (Lipinski definition) is 2. The summed E-state index contributed by atoms with van der Waals surface area (Å²) in [6.07, 6.45) is 0. The molecule has 2 unspecified atom stereocenters. The first-order chi connectivity index (χ1) is 6.99. The zero-order valence-corrected chi connectivity index (χ0v) is 9.95. The Hall–Kier alpha value is -0.450. The van der Waals surface area contributed by atoms with Gasteiger partial charge < -0.3 is 5.73 Å². The summed E-state index contributed by atoms with van der Waals surface area (Å²) in [5.41, 5.74) is 5.92. The summed E-state index contributed by atoms with van der Waals surface area (Å²) in [7, 11) is -1.13. The zero-order chi connectivity index (χ0) is 11.4. The highest BCUT2D eigenvalue weighted by Gasteiger charge is 2.09. The van der Waals surface area contributed by atoms with Gasteiger partial charge in [0.2, 0.25) is 0 Å². The van der Waals surface area contributed by atoms with Gasteiger partial charge in [-0.15, -0.1) is 0 Å². The Labute approximate surface area is 96.1 Å². The van der Waals surface area contributed by atoms with E-state index in [0.717, 1.165) is 0 Å². The molecule has 0 fully saturated rings. The average Bonchev–Trinajstić information content (AvgIpc) is 2.08. The summed E-state index contributed by atoms with van der Waals surface area (Å²) in [6.45, 7) is 1.77. The first-order valence-corrected chi connectivity index (χ1v) is 6.40. The monoisotopic (exact) mass is 249 g/mol. The molecule has 0 saturated heterocycles. The SMILES string of the molecule is CC(N)CS(=O)Cc1ccc(Cl)cc1F. The molecule has 0 aliphatic rings. The van der Waals surface area contributed by atoms with E-state index in [9.17, 15) is 8.60 Å². The predicted octanol–water partition coefficient (Wildman–Crippen LogP) is 2.08. The second-order valence-electron chi connectivity index (χ2n) is 3.46. The molecule has 15 heavy (non-hydrogen) atoms. The van der Waals surface area contributed by atoms with E-state index in [1.807, 2.05) is 0 Å². The van der Waals surface area contributed by atoms with Gasteiger partial charge in [0, 0.05) is 33.2 Å². The lowest BCUT2D eigenvalue weighted by molar-refractivity contribution is 0.615. The van der Waals surface area contributed by atoms with Gasteiger partial charge >= 0.3 is 0 Å². The van der Waals surface area contributed by atoms with E-state index in [-0.39, 0.29) is 11.8 Å². The van der Waals surface area contributed by atoms with Crippen molar-refractivity contribution in [3.63, 3.8) is 0 Å². The van der Waals surface area contributed by atoms with Crippen LogP contribution in [0.1, 0.15) is 12.5 Å². The van der Waals surface area contributed by atoms with Gasteiger partial charge in [-0.1, -0.05) is 17.7 Å². The van der Waals surface area contributed by atoms with Gasteiger partial charge in [-0.25, -0.2) is 4.39 Å². The van der Waals surface area contributed by atoms with Crippen molar-refractivity contribution in [2.75, 3.05) is 5.75 Å². The summed E-state index contributed by atoms with van der Waals surface area (Å²) in [5.74, 6) is 0.146. The Bertz CT molecular complexity index is 370. The Morgan fingerprint density at radius 1 is 1.60 bits per heavy atom. The van der Waals surface area contributed by atoms with E-state index in [2.05, 4.69) is 0 Å². The molecule has 2 N–H and O–H groups in total. The van der Waals surface area contributed by atoms with E-state index < -0.39 is 16.6 Å². The second kappa shape index (κ2) is 5.58. The minimum Gasteiger partial charge on any atom is -0.327 e.